The Balaban J connectivity index is 1.55. The number of fused-ring (bicyclic) bond motifs is 3. The minimum atomic E-state index is -0.969. The Morgan fingerprint density at radius 1 is 1.00 bits per heavy atom. The molecule has 7 heteroatoms. The van der Waals surface area contributed by atoms with E-state index in [1.165, 1.54) is 0 Å². The maximum atomic E-state index is 12.4. The van der Waals surface area contributed by atoms with E-state index in [1.807, 2.05) is 43.3 Å². The van der Waals surface area contributed by atoms with Gasteiger partial charge in [0.25, 0.3) is 0 Å². The fourth-order valence-electron chi connectivity index (χ4n) is 4.10. The second-order valence-electron chi connectivity index (χ2n) is 8.14. The highest BCUT2D eigenvalue weighted by atomic mass is 16.5. The summed E-state index contributed by atoms with van der Waals surface area (Å²) in [7, 11) is 0. The largest absolute Gasteiger partial charge is 0.481 e. The lowest BCUT2D eigenvalue weighted by Crippen LogP contribution is -2.48. The molecule has 0 heterocycles. The summed E-state index contributed by atoms with van der Waals surface area (Å²) in [5, 5.41) is 14.3. The number of rotatable bonds is 10. The summed E-state index contributed by atoms with van der Waals surface area (Å²) in [6.45, 7) is 3.71. The van der Waals surface area contributed by atoms with Gasteiger partial charge in [0.2, 0.25) is 5.91 Å². The summed E-state index contributed by atoms with van der Waals surface area (Å²) in [6, 6.07) is 14.8. The van der Waals surface area contributed by atoms with Gasteiger partial charge in [-0.25, -0.2) is 4.79 Å². The van der Waals surface area contributed by atoms with E-state index in [-0.39, 0.29) is 18.9 Å². The van der Waals surface area contributed by atoms with Crippen LogP contribution in [0, 0.1) is 0 Å². The molecule has 3 N–H and O–H groups in total. The molecular weight excluding hydrogens is 408 g/mol. The third-order valence-corrected chi connectivity index (χ3v) is 5.74. The molecule has 7 nitrogen and oxygen atoms in total. The predicted octanol–water partition coefficient (Wildman–Crippen LogP) is 4.06. The summed E-state index contributed by atoms with van der Waals surface area (Å²) >= 11 is 0. The van der Waals surface area contributed by atoms with Crippen LogP contribution >= 0.6 is 0 Å². The molecule has 1 aliphatic carbocycles. The molecule has 0 saturated carbocycles. The first kappa shape index (κ1) is 23.3. The van der Waals surface area contributed by atoms with Gasteiger partial charge in [-0.3, -0.25) is 9.59 Å². The summed E-state index contributed by atoms with van der Waals surface area (Å²) in [5.74, 6) is -1.46. The Labute approximate surface area is 188 Å². The average molecular weight is 439 g/mol. The SMILES string of the molecule is CCCC[C@@H](CC(=O)O)NC(=O)[C@H](C)NC(=O)OCC1c2ccccc2-c2ccccc21. The highest BCUT2D eigenvalue weighted by Crippen LogP contribution is 2.44. The van der Waals surface area contributed by atoms with Gasteiger partial charge in [0.1, 0.15) is 12.6 Å². The van der Waals surface area contributed by atoms with Gasteiger partial charge in [0, 0.05) is 12.0 Å². The number of carbonyl (C=O) groups is 3. The lowest BCUT2D eigenvalue weighted by atomic mass is 9.98. The molecule has 0 bridgehead atoms. The Morgan fingerprint density at radius 2 is 1.59 bits per heavy atom. The van der Waals surface area contributed by atoms with E-state index in [0.717, 1.165) is 35.1 Å². The first-order valence-electron chi connectivity index (χ1n) is 11.0. The monoisotopic (exact) mass is 438 g/mol. The molecule has 0 aliphatic heterocycles. The molecule has 0 unspecified atom stereocenters. The zero-order valence-electron chi connectivity index (χ0n) is 18.5. The van der Waals surface area contributed by atoms with Gasteiger partial charge in [-0.2, -0.15) is 0 Å². The van der Waals surface area contributed by atoms with Gasteiger partial charge in [-0.1, -0.05) is 68.3 Å². The number of nitrogens with one attached hydrogen (secondary N) is 2. The van der Waals surface area contributed by atoms with Crippen LogP contribution in [0.25, 0.3) is 11.1 Å². The van der Waals surface area contributed by atoms with Crippen molar-refractivity contribution < 1.29 is 24.2 Å². The Bertz CT molecular complexity index is 929. The number of alkyl carbamates (subject to hydrolysis) is 1. The second-order valence-corrected chi connectivity index (χ2v) is 8.14. The van der Waals surface area contributed by atoms with Crippen LogP contribution in [0.3, 0.4) is 0 Å². The predicted molar refractivity (Wildman–Crippen MR) is 121 cm³/mol. The van der Waals surface area contributed by atoms with Gasteiger partial charge in [0.05, 0.1) is 6.42 Å². The maximum absolute atomic E-state index is 12.4. The van der Waals surface area contributed by atoms with E-state index in [0.29, 0.717) is 6.42 Å². The van der Waals surface area contributed by atoms with Crippen LogP contribution < -0.4 is 10.6 Å². The molecule has 0 spiro atoms. The number of hydrogen-bond donors (Lipinski definition) is 3. The van der Waals surface area contributed by atoms with Crippen LogP contribution in [0.2, 0.25) is 0 Å². The second kappa shape index (κ2) is 10.8. The zero-order chi connectivity index (χ0) is 23.1. The maximum Gasteiger partial charge on any atom is 0.407 e. The standard InChI is InChI=1S/C25H30N2O5/c1-3-4-9-17(14-23(28)29)27-24(30)16(2)26-25(31)32-15-22-20-12-7-5-10-18(20)19-11-6-8-13-21(19)22/h5-8,10-13,16-17,22H,3-4,9,14-15H2,1-2H3,(H,26,31)(H,27,30)(H,28,29)/t16-,17-/m0/s1. The Kier molecular flexibility index (Phi) is 7.87. The Morgan fingerprint density at radius 3 is 2.16 bits per heavy atom. The number of benzene rings is 2. The summed E-state index contributed by atoms with van der Waals surface area (Å²) < 4.78 is 5.47. The number of carboxylic acids is 1. The van der Waals surface area contributed by atoms with Crippen LogP contribution in [0.5, 0.6) is 0 Å². The van der Waals surface area contributed by atoms with Crippen molar-refractivity contribution in [3.05, 3.63) is 59.7 Å². The van der Waals surface area contributed by atoms with Crippen LogP contribution in [-0.2, 0) is 14.3 Å². The molecule has 2 aromatic carbocycles. The highest BCUT2D eigenvalue weighted by Gasteiger charge is 2.29. The summed E-state index contributed by atoms with van der Waals surface area (Å²) in [4.78, 5) is 35.9. The molecule has 2 atom stereocenters. The number of ether oxygens (including phenoxy) is 1. The molecule has 0 fully saturated rings. The van der Waals surface area contributed by atoms with Crippen molar-refractivity contribution in [2.24, 2.45) is 0 Å². The van der Waals surface area contributed by atoms with Crippen molar-refractivity contribution in [2.45, 2.75) is 57.5 Å². The molecule has 1 aliphatic rings. The van der Waals surface area contributed by atoms with Gasteiger partial charge in [0.15, 0.2) is 0 Å². The minimum Gasteiger partial charge on any atom is -0.481 e. The number of aliphatic carboxylic acids is 1. The van der Waals surface area contributed by atoms with E-state index in [2.05, 4.69) is 22.8 Å². The van der Waals surface area contributed by atoms with Crippen molar-refractivity contribution in [2.75, 3.05) is 6.61 Å². The van der Waals surface area contributed by atoms with E-state index < -0.39 is 30.1 Å². The quantitative estimate of drug-likeness (QED) is 0.519. The molecule has 3 rings (SSSR count). The molecule has 0 saturated heterocycles. The van der Waals surface area contributed by atoms with E-state index >= 15 is 0 Å². The number of unbranched alkanes of at least 4 members (excludes halogenated alkanes) is 1. The van der Waals surface area contributed by atoms with Crippen LogP contribution in [0.15, 0.2) is 48.5 Å². The molecular formula is C25H30N2O5. The van der Waals surface area contributed by atoms with Crippen LogP contribution in [-0.4, -0.2) is 41.8 Å². The van der Waals surface area contributed by atoms with Gasteiger partial charge in [-0.15, -0.1) is 0 Å². The van der Waals surface area contributed by atoms with Gasteiger partial charge in [-0.05, 0) is 35.6 Å². The van der Waals surface area contributed by atoms with Gasteiger partial charge >= 0.3 is 12.1 Å². The Hall–Kier alpha value is -3.35. The van der Waals surface area contributed by atoms with Crippen LogP contribution in [0.4, 0.5) is 4.79 Å². The topological polar surface area (TPSA) is 105 Å². The molecule has 32 heavy (non-hydrogen) atoms. The number of amides is 2. The van der Waals surface area contributed by atoms with E-state index in [4.69, 9.17) is 9.84 Å². The number of carbonyl (C=O) groups excluding carboxylic acids is 2. The third kappa shape index (κ3) is 5.66. The first-order chi connectivity index (χ1) is 15.4. The van der Waals surface area contributed by atoms with Crippen molar-refractivity contribution >= 4 is 18.0 Å². The molecule has 0 aromatic heterocycles. The van der Waals surface area contributed by atoms with Gasteiger partial charge < -0.3 is 20.5 Å². The minimum absolute atomic E-state index is 0.0636. The third-order valence-electron chi connectivity index (χ3n) is 5.74. The fraction of sp³-hybridized carbons (Fsp3) is 0.400. The first-order valence-corrected chi connectivity index (χ1v) is 11.0. The number of hydrogen-bond acceptors (Lipinski definition) is 4. The van der Waals surface area contributed by atoms with Crippen molar-refractivity contribution in [1.29, 1.82) is 0 Å². The fourth-order valence-corrected chi connectivity index (χ4v) is 4.10. The van der Waals surface area contributed by atoms with E-state index in [9.17, 15) is 14.4 Å². The highest BCUT2D eigenvalue weighted by molar-refractivity contribution is 5.86. The summed E-state index contributed by atoms with van der Waals surface area (Å²) in [6.07, 6.45) is 1.46. The normalized spacial score (nSPS) is 14.1. The smallest absolute Gasteiger partial charge is 0.407 e. The molecule has 2 amide bonds. The van der Waals surface area contributed by atoms with E-state index in [1.54, 1.807) is 6.92 Å². The zero-order valence-corrected chi connectivity index (χ0v) is 18.5. The van der Waals surface area contributed by atoms with Crippen LogP contribution in [0.1, 0.15) is 56.6 Å². The average Bonchev–Trinajstić information content (AvgIpc) is 3.09. The van der Waals surface area contributed by atoms with Crippen molar-refractivity contribution in [1.82, 2.24) is 10.6 Å². The molecule has 0 radical (unpaired) electrons. The van der Waals surface area contributed by atoms with Crippen molar-refractivity contribution in [3.63, 3.8) is 0 Å². The van der Waals surface area contributed by atoms with Crippen molar-refractivity contribution in [3.8, 4) is 11.1 Å². The lowest BCUT2D eigenvalue weighted by Gasteiger charge is -2.21. The molecule has 170 valence electrons. The number of carboxylic acid groups (broad SMARTS) is 1. The lowest BCUT2D eigenvalue weighted by molar-refractivity contribution is -0.137. The molecule has 2 aromatic rings. The summed E-state index contributed by atoms with van der Waals surface area (Å²) in [5.41, 5.74) is 4.50.